The van der Waals surface area contributed by atoms with Gasteiger partial charge >= 0.3 is 0 Å². The number of likely N-dealkylation sites (N-methyl/N-ethyl adjacent to an activating group) is 1. The van der Waals surface area contributed by atoms with Gasteiger partial charge in [0.05, 0.1) is 6.04 Å². The van der Waals surface area contributed by atoms with Gasteiger partial charge in [-0.1, -0.05) is 19.1 Å². The lowest BCUT2D eigenvalue weighted by Crippen LogP contribution is -2.41. The van der Waals surface area contributed by atoms with Gasteiger partial charge in [-0.3, -0.25) is 0 Å². The zero-order chi connectivity index (χ0) is 14.8. The Morgan fingerprint density at radius 2 is 2.14 bits per heavy atom. The number of para-hydroxylation sites is 2. The minimum absolute atomic E-state index is 0.0233. The molecule has 1 aliphatic rings. The highest BCUT2D eigenvalue weighted by Crippen LogP contribution is 2.37. The molecular formula is C16H18BrNO2S. The van der Waals surface area contributed by atoms with E-state index in [1.54, 1.807) is 11.3 Å². The van der Waals surface area contributed by atoms with E-state index >= 15 is 0 Å². The second kappa shape index (κ2) is 6.38. The van der Waals surface area contributed by atoms with Crippen molar-refractivity contribution in [1.29, 1.82) is 0 Å². The fraction of sp³-hybridized carbons (Fsp3) is 0.375. The molecule has 0 saturated carbocycles. The van der Waals surface area contributed by atoms with Gasteiger partial charge in [0.1, 0.15) is 6.61 Å². The largest absolute Gasteiger partial charge is 0.486 e. The molecule has 1 aliphatic heterocycles. The summed E-state index contributed by atoms with van der Waals surface area (Å²) in [5.74, 6) is 1.65. The van der Waals surface area contributed by atoms with Crippen LogP contribution in [0.1, 0.15) is 22.7 Å². The Labute approximate surface area is 137 Å². The molecule has 0 spiro atoms. The van der Waals surface area contributed by atoms with E-state index in [1.165, 1.54) is 9.75 Å². The Morgan fingerprint density at radius 3 is 2.81 bits per heavy atom. The highest BCUT2D eigenvalue weighted by Gasteiger charge is 2.30. The second-order valence-corrected chi connectivity index (χ2v) is 7.14. The van der Waals surface area contributed by atoms with Crippen LogP contribution in [0.5, 0.6) is 11.5 Å². The van der Waals surface area contributed by atoms with Gasteiger partial charge in [-0.2, -0.15) is 0 Å². The van der Waals surface area contributed by atoms with Crippen LogP contribution in [-0.4, -0.2) is 19.3 Å². The maximum absolute atomic E-state index is 6.15. The zero-order valence-corrected chi connectivity index (χ0v) is 14.5. The van der Waals surface area contributed by atoms with Gasteiger partial charge < -0.3 is 14.8 Å². The van der Waals surface area contributed by atoms with E-state index in [2.05, 4.69) is 41.2 Å². The molecule has 112 valence electrons. The van der Waals surface area contributed by atoms with E-state index < -0.39 is 0 Å². The van der Waals surface area contributed by atoms with E-state index in [9.17, 15) is 0 Å². The van der Waals surface area contributed by atoms with Gasteiger partial charge in [-0.25, -0.2) is 0 Å². The molecule has 21 heavy (non-hydrogen) atoms. The fourth-order valence-electron chi connectivity index (χ4n) is 2.47. The standard InChI is InChI=1S/C16H18BrNO2S/c1-3-18-16(15-8-11(17)10(2)21-15)14-9-19-12-6-4-5-7-13(12)20-14/h4-8,14,16,18H,3,9H2,1-2H3. The first-order chi connectivity index (χ1) is 10.2. The number of halogens is 1. The predicted octanol–water partition coefficient (Wildman–Crippen LogP) is 4.31. The molecule has 5 heteroatoms. The second-order valence-electron chi connectivity index (χ2n) is 5.00. The van der Waals surface area contributed by atoms with Crippen molar-refractivity contribution < 1.29 is 9.47 Å². The Balaban J connectivity index is 1.85. The number of fused-ring (bicyclic) bond motifs is 1. The van der Waals surface area contributed by atoms with Crippen LogP contribution < -0.4 is 14.8 Å². The third kappa shape index (κ3) is 3.10. The SMILES string of the molecule is CCNC(c1cc(Br)c(C)s1)C1COc2ccccc2O1. The van der Waals surface area contributed by atoms with Gasteiger partial charge in [0, 0.05) is 14.2 Å². The molecule has 2 unspecified atom stereocenters. The molecule has 1 aromatic heterocycles. The Hall–Kier alpha value is -1.04. The lowest BCUT2D eigenvalue weighted by molar-refractivity contribution is 0.0630. The first kappa shape index (κ1) is 14.9. The van der Waals surface area contributed by atoms with E-state index in [0.717, 1.165) is 22.5 Å². The molecule has 3 rings (SSSR count). The zero-order valence-electron chi connectivity index (χ0n) is 12.1. The van der Waals surface area contributed by atoms with Crippen molar-refractivity contribution in [3.63, 3.8) is 0 Å². The van der Waals surface area contributed by atoms with Crippen LogP contribution in [0.4, 0.5) is 0 Å². The van der Waals surface area contributed by atoms with Crippen molar-refractivity contribution in [2.45, 2.75) is 26.0 Å². The third-order valence-corrected chi connectivity index (χ3v) is 5.73. The van der Waals surface area contributed by atoms with Crippen molar-refractivity contribution in [1.82, 2.24) is 5.32 Å². The van der Waals surface area contributed by atoms with Gasteiger partial charge in [-0.15, -0.1) is 11.3 Å². The lowest BCUT2D eigenvalue weighted by atomic mass is 10.1. The smallest absolute Gasteiger partial charge is 0.161 e. The first-order valence-electron chi connectivity index (χ1n) is 7.06. The summed E-state index contributed by atoms with van der Waals surface area (Å²) in [5, 5.41) is 3.52. The summed E-state index contributed by atoms with van der Waals surface area (Å²) in [7, 11) is 0. The molecule has 3 nitrogen and oxygen atoms in total. The molecule has 2 heterocycles. The summed E-state index contributed by atoms with van der Waals surface area (Å²) >= 11 is 5.39. The van der Waals surface area contributed by atoms with Gasteiger partial charge in [0.15, 0.2) is 17.6 Å². The van der Waals surface area contributed by atoms with E-state index in [4.69, 9.17) is 9.47 Å². The molecule has 0 bridgehead atoms. The van der Waals surface area contributed by atoms with E-state index in [0.29, 0.717) is 6.61 Å². The summed E-state index contributed by atoms with van der Waals surface area (Å²) in [6.45, 7) is 5.68. The topological polar surface area (TPSA) is 30.5 Å². The molecule has 2 atom stereocenters. The van der Waals surface area contributed by atoms with Gasteiger partial charge in [-0.05, 0) is 47.6 Å². The van der Waals surface area contributed by atoms with Crippen LogP contribution in [0.2, 0.25) is 0 Å². The number of rotatable bonds is 4. The van der Waals surface area contributed by atoms with Crippen molar-refractivity contribution in [2.75, 3.05) is 13.2 Å². The molecule has 1 N–H and O–H groups in total. The normalized spacial score (nSPS) is 18.5. The number of thiophene rings is 1. The molecule has 0 saturated heterocycles. The van der Waals surface area contributed by atoms with Crippen LogP contribution in [0, 0.1) is 6.92 Å². The Bertz CT molecular complexity index is 609. The summed E-state index contributed by atoms with van der Waals surface area (Å²) in [6.07, 6.45) is -0.0233. The number of nitrogens with one attached hydrogen (secondary N) is 1. The maximum atomic E-state index is 6.15. The molecule has 1 aromatic carbocycles. The number of aryl methyl sites for hydroxylation is 1. The van der Waals surface area contributed by atoms with Crippen LogP contribution in [0.15, 0.2) is 34.8 Å². The lowest BCUT2D eigenvalue weighted by Gasteiger charge is -2.32. The van der Waals surface area contributed by atoms with Crippen molar-refractivity contribution in [3.05, 3.63) is 44.6 Å². The molecule has 0 amide bonds. The highest BCUT2D eigenvalue weighted by molar-refractivity contribution is 9.10. The average Bonchev–Trinajstić information content (AvgIpc) is 2.83. The number of benzene rings is 1. The van der Waals surface area contributed by atoms with Crippen molar-refractivity contribution in [3.8, 4) is 11.5 Å². The minimum atomic E-state index is -0.0233. The number of hydrogen-bond donors (Lipinski definition) is 1. The summed E-state index contributed by atoms with van der Waals surface area (Å²) in [4.78, 5) is 2.55. The quantitative estimate of drug-likeness (QED) is 0.873. The molecular weight excluding hydrogens is 350 g/mol. The van der Waals surface area contributed by atoms with E-state index in [-0.39, 0.29) is 12.1 Å². The predicted molar refractivity (Wildman–Crippen MR) is 89.5 cm³/mol. The van der Waals surface area contributed by atoms with Crippen LogP contribution >= 0.6 is 27.3 Å². The molecule has 0 radical (unpaired) electrons. The highest BCUT2D eigenvalue weighted by atomic mass is 79.9. The van der Waals surface area contributed by atoms with Crippen molar-refractivity contribution >= 4 is 27.3 Å². The van der Waals surface area contributed by atoms with Gasteiger partial charge in [0.25, 0.3) is 0 Å². The van der Waals surface area contributed by atoms with Crippen LogP contribution in [0.25, 0.3) is 0 Å². The summed E-state index contributed by atoms with van der Waals surface area (Å²) < 4.78 is 13.2. The third-order valence-electron chi connectivity index (χ3n) is 3.51. The van der Waals surface area contributed by atoms with Crippen LogP contribution in [-0.2, 0) is 0 Å². The number of ether oxygens (including phenoxy) is 2. The Morgan fingerprint density at radius 1 is 1.38 bits per heavy atom. The van der Waals surface area contributed by atoms with E-state index in [1.807, 2.05) is 24.3 Å². The minimum Gasteiger partial charge on any atom is -0.486 e. The average molecular weight is 368 g/mol. The molecule has 0 fully saturated rings. The van der Waals surface area contributed by atoms with Gasteiger partial charge in [0.2, 0.25) is 0 Å². The monoisotopic (exact) mass is 367 g/mol. The van der Waals surface area contributed by atoms with Crippen molar-refractivity contribution in [2.24, 2.45) is 0 Å². The fourth-order valence-corrected chi connectivity index (χ4v) is 4.16. The number of hydrogen-bond acceptors (Lipinski definition) is 4. The first-order valence-corrected chi connectivity index (χ1v) is 8.67. The maximum Gasteiger partial charge on any atom is 0.161 e. The molecule has 2 aromatic rings. The Kier molecular flexibility index (Phi) is 4.52. The van der Waals surface area contributed by atoms with Crippen LogP contribution in [0.3, 0.4) is 0 Å². The summed E-state index contributed by atoms with van der Waals surface area (Å²) in [6, 6.07) is 10.2. The molecule has 0 aliphatic carbocycles. The summed E-state index contributed by atoms with van der Waals surface area (Å²) in [5.41, 5.74) is 0.